The molecule has 0 fully saturated rings. The Hall–Kier alpha value is -1.78. The topological polar surface area (TPSA) is 77.8 Å². The highest BCUT2D eigenvalue weighted by atomic mass is 19.1. The zero-order valence-electron chi connectivity index (χ0n) is 7.90. The minimum absolute atomic E-state index is 0.0451. The lowest BCUT2D eigenvalue weighted by Crippen LogP contribution is -1.98. The predicted molar refractivity (Wildman–Crippen MR) is 50.3 cm³/mol. The first kappa shape index (κ1) is 11.3. The van der Waals surface area contributed by atoms with Crippen molar-refractivity contribution >= 4 is 5.97 Å². The van der Waals surface area contributed by atoms with Gasteiger partial charge >= 0.3 is 5.97 Å². The molecule has 4 nitrogen and oxygen atoms in total. The van der Waals surface area contributed by atoms with Crippen LogP contribution in [-0.4, -0.2) is 21.3 Å². The average Bonchev–Trinajstić information content (AvgIpc) is 2.17. The van der Waals surface area contributed by atoms with Crippen molar-refractivity contribution in [2.24, 2.45) is 0 Å². The van der Waals surface area contributed by atoms with Gasteiger partial charge in [-0.05, 0) is 25.0 Å². The first-order valence-electron chi connectivity index (χ1n) is 4.43. The molecule has 0 radical (unpaired) electrons. The van der Waals surface area contributed by atoms with Crippen molar-refractivity contribution in [1.29, 1.82) is 0 Å². The summed E-state index contributed by atoms with van der Waals surface area (Å²) >= 11 is 0. The summed E-state index contributed by atoms with van der Waals surface area (Å²) < 4.78 is 13.1. The molecule has 0 bridgehead atoms. The molecule has 3 N–H and O–H groups in total. The molecule has 0 saturated heterocycles. The highest BCUT2D eigenvalue weighted by molar-refractivity contribution is 5.66. The van der Waals surface area contributed by atoms with E-state index in [-0.39, 0.29) is 24.8 Å². The van der Waals surface area contributed by atoms with E-state index in [2.05, 4.69) is 0 Å². The van der Waals surface area contributed by atoms with Gasteiger partial charge in [-0.1, -0.05) is 0 Å². The van der Waals surface area contributed by atoms with Gasteiger partial charge in [-0.25, -0.2) is 4.39 Å². The number of aromatic hydroxyl groups is 2. The monoisotopic (exact) mass is 214 g/mol. The van der Waals surface area contributed by atoms with Gasteiger partial charge in [0.25, 0.3) is 0 Å². The first-order valence-corrected chi connectivity index (χ1v) is 4.43. The summed E-state index contributed by atoms with van der Waals surface area (Å²) in [6.45, 7) is 0. The van der Waals surface area contributed by atoms with Crippen LogP contribution in [0.4, 0.5) is 4.39 Å². The van der Waals surface area contributed by atoms with Crippen molar-refractivity contribution in [3.8, 4) is 11.5 Å². The molecule has 15 heavy (non-hydrogen) atoms. The molecule has 0 saturated carbocycles. The molecular weight excluding hydrogens is 203 g/mol. The number of carbonyl (C=O) groups is 1. The van der Waals surface area contributed by atoms with Crippen molar-refractivity contribution in [2.45, 2.75) is 19.3 Å². The number of phenolic OH excluding ortho intramolecular Hbond substituents is 2. The Kier molecular flexibility index (Phi) is 3.49. The molecule has 0 aromatic heterocycles. The number of carboxylic acid groups (broad SMARTS) is 1. The minimum atomic E-state index is -0.977. The Morgan fingerprint density at radius 2 is 2.00 bits per heavy atom. The zero-order valence-corrected chi connectivity index (χ0v) is 7.90. The standard InChI is InChI=1S/C10H11FO4/c11-7-4-5-8(12)10(15)6(7)2-1-3-9(13)14/h4-5,12,15H,1-3H2,(H,13,14). The quantitative estimate of drug-likeness (QED) is 0.666. The lowest BCUT2D eigenvalue weighted by molar-refractivity contribution is -0.137. The molecule has 0 atom stereocenters. The molecule has 0 aliphatic carbocycles. The lowest BCUT2D eigenvalue weighted by Gasteiger charge is -2.06. The number of carboxylic acids is 1. The normalized spacial score (nSPS) is 10.2. The third-order valence-electron chi connectivity index (χ3n) is 2.02. The van der Waals surface area contributed by atoms with E-state index in [1.807, 2.05) is 0 Å². The van der Waals surface area contributed by atoms with Gasteiger partial charge in [0.2, 0.25) is 0 Å². The first-order chi connectivity index (χ1) is 7.02. The highest BCUT2D eigenvalue weighted by Crippen LogP contribution is 2.31. The van der Waals surface area contributed by atoms with E-state index in [0.29, 0.717) is 0 Å². The molecule has 0 unspecified atom stereocenters. The Labute approximate surface area is 85.6 Å². The van der Waals surface area contributed by atoms with E-state index in [1.165, 1.54) is 0 Å². The summed E-state index contributed by atoms with van der Waals surface area (Å²) in [5.74, 6) is -2.53. The SMILES string of the molecule is O=C(O)CCCc1c(F)ccc(O)c1O. The van der Waals surface area contributed by atoms with Gasteiger partial charge in [0, 0.05) is 12.0 Å². The number of hydrogen-bond acceptors (Lipinski definition) is 3. The van der Waals surface area contributed by atoms with Gasteiger partial charge in [0.05, 0.1) is 0 Å². The van der Waals surface area contributed by atoms with Crippen molar-refractivity contribution in [2.75, 3.05) is 0 Å². The van der Waals surface area contributed by atoms with E-state index in [9.17, 15) is 14.3 Å². The van der Waals surface area contributed by atoms with Crippen LogP contribution in [0.25, 0.3) is 0 Å². The summed E-state index contributed by atoms with van der Waals surface area (Å²) in [5, 5.41) is 26.8. The maximum atomic E-state index is 13.1. The molecule has 82 valence electrons. The number of hydrogen-bond donors (Lipinski definition) is 3. The molecule has 0 heterocycles. The second-order valence-electron chi connectivity index (χ2n) is 3.14. The van der Waals surface area contributed by atoms with Crippen molar-refractivity contribution in [1.82, 2.24) is 0 Å². The second kappa shape index (κ2) is 4.63. The minimum Gasteiger partial charge on any atom is -0.504 e. The van der Waals surface area contributed by atoms with Crippen LogP contribution in [0.5, 0.6) is 11.5 Å². The maximum Gasteiger partial charge on any atom is 0.303 e. The zero-order chi connectivity index (χ0) is 11.4. The number of aliphatic carboxylic acids is 1. The fourth-order valence-electron chi connectivity index (χ4n) is 1.25. The predicted octanol–water partition coefficient (Wildman–Crippen LogP) is 1.64. The Morgan fingerprint density at radius 3 is 2.60 bits per heavy atom. The summed E-state index contributed by atoms with van der Waals surface area (Å²) in [7, 11) is 0. The van der Waals surface area contributed by atoms with Gasteiger partial charge < -0.3 is 15.3 Å². The van der Waals surface area contributed by atoms with Crippen LogP contribution in [-0.2, 0) is 11.2 Å². The fraction of sp³-hybridized carbons (Fsp3) is 0.300. The second-order valence-corrected chi connectivity index (χ2v) is 3.14. The van der Waals surface area contributed by atoms with Crippen LogP contribution in [0, 0.1) is 5.82 Å². The average molecular weight is 214 g/mol. The third kappa shape index (κ3) is 2.83. The molecule has 0 aliphatic rings. The van der Waals surface area contributed by atoms with Gasteiger partial charge in [-0.2, -0.15) is 0 Å². The van der Waals surface area contributed by atoms with Crippen molar-refractivity contribution < 1.29 is 24.5 Å². The fourth-order valence-corrected chi connectivity index (χ4v) is 1.25. The Morgan fingerprint density at radius 1 is 1.33 bits per heavy atom. The molecule has 1 aromatic rings. The third-order valence-corrected chi connectivity index (χ3v) is 2.02. The van der Waals surface area contributed by atoms with E-state index in [0.717, 1.165) is 12.1 Å². The Balaban J connectivity index is 2.75. The van der Waals surface area contributed by atoms with E-state index in [1.54, 1.807) is 0 Å². The van der Waals surface area contributed by atoms with Crippen LogP contribution in [0.2, 0.25) is 0 Å². The van der Waals surface area contributed by atoms with Gasteiger partial charge in [0.15, 0.2) is 11.5 Å². The number of rotatable bonds is 4. The summed E-state index contributed by atoms with van der Waals surface area (Å²) in [4.78, 5) is 10.2. The van der Waals surface area contributed by atoms with Crippen LogP contribution in [0.15, 0.2) is 12.1 Å². The molecule has 0 amide bonds. The number of phenols is 2. The smallest absolute Gasteiger partial charge is 0.303 e. The van der Waals surface area contributed by atoms with Crippen molar-refractivity contribution in [3.05, 3.63) is 23.5 Å². The molecule has 0 aliphatic heterocycles. The summed E-state index contributed by atoms with van der Waals surface area (Å²) in [6, 6.07) is 2.08. The van der Waals surface area contributed by atoms with Gasteiger partial charge in [-0.3, -0.25) is 4.79 Å². The van der Waals surface area contributed by atoms with Gasteiger partial charge in [-0.15, -0.1) is 0 Å². The van der Waals surface area contributed by atoms with Crippen LogP contribution in [0.1, 0.15) is 18.4 Å². The summed E-state index contributed by atoms with van der Waals surface area (Å²) in [5.41, 5.74) is -0.0451. The number of halogens is 1. The molecule has 0 spiro atoms. The highest BCUT2D eigenvalue weighted by Gasteiger charge is 2.12. The van der Waals surface area contributed by atoms with Crippen molar-refractivity contribution in [3.63, 3.8) is 0 Å². The van der Waals surface area contributed by atoms with E-state index < -0.39 is 23.3 Å². The molecular formula is C10H11FO4. The van der Waals surface area contributed by atoms with Crippen LogP contribution < -0.4 is 0 Å². The molecule has 5 heteroatoms. The van der Waals surface area contributed by atoms with E-state index in [4.69, 9.17) is 10.2 Å². The van der Waals surface area contributed by atoms with Crippen LogP contribution in [0.3, 0.4) is 0 Å². The lowest BCUT2D eigenvalue weighted by atomic mass is 10.1. The van der Waals surface area contributed by atoms with E-state index >= 15 is 0 Å². The van der Waals surface area contributed by atoms with Gasteiger partial charge in [0.1, 0.15) is 5.82 Å². The molecule has 1 rings (SSSR count). The number of benzene rings is 1. The maximum absolute atomic E-state index is 13.1. The Bertz CT molecular complexity index is 376. The summed E-state index contributed by atoms with van der Waals surface area (Å²) in [6.07, 6.45) is 0.191. The largest absolute Gasteiger partial charge is 0.504 e. The van der Waals surface area contributed by atoms with Crippen LogP contribution >= 0.6 is 0 Å². The molecule has 1 aromatic carbocycles.